The summed E-state index contributed by atoms with van der Waals surface area (Å²) in [6, 6.07) is 8.62. The van der Waals surface area contributed by atoms with E-state index in [4.69, 9.17) is 25.5 Å². The van der Waals surface area contributed by atoms with Crippen molar-refractivity contribution < 1.29 is 18.7 Å². The van der Waals surface area contributed by atoms with Crippen LogP contribution in [0.1, 0.15) is 24.7 Å². The Morgan fingerprint density at radius 1 is 1.46 bits per heavy atom. The van der Waals surface area contributed by atoms with Crippen LogP contribution in [0.4, 0.5) is 0 Å². The molecule has 0 aliphatic carbocycles. The number of amides is 1. The minimum Gasteiger partial charge on any atom is -0.493 e. The third-order valence-corrected chi connectivity index (χ3v) is 3.66. The Morgan fingerprint density at radius 3 is 2.88 bits per heavy atom. The second-order valence-electron chi connectivity index (χ2n) is 5.31. The largest absolute Gasteiger partial charge is 0.493 e. The van der Waals surface area contributed by atoms with E-state index in [-0.39, 0.29) is 12.1 Å². The maximum absolute atomic E-state index is 12.2. The molecule has 6 nitrogen and oxygen atoms in total. The number of furan rings is 1. The minimum atomic E-state index is -0.509. The van der Waals surface area contributed by atoms with Crippen LogP contribution in [0, 0.1) is 11.3 Å². The number of methoxy groups -OCH3 is 1. The summed E-state index contributed by atoms with van der Waals surface area (Å²) >= 11 is 6.25. The molecule has 0 fully saturated rings. The summed E-state index contributed by atoms with van der Waals surface area (Å²) in [6.45, 7) is 2.68. The molecule has 7 heteroatoms. The van der Waals surface area contributed by atoms with E-state index in [9.17, 15) is 10.1 Å². The summed E-state index contributed by atoms with van der Waals surface area (Å²) in [6.07, 6.45) is 3.78. The first-order chi connectivity index (χ1) is 12.6. The van der Waals surface area contributed by atoms with Gasteiger partial charge in [-0.2, -0.15) is 5.26 Å². The second-order valence-corrected chi connectivity index (χ2v) is 5.72. The predicted octanol–water partition coefficient (Wildman–Crippen LogP) is 3.95. The molecule has 0 atom stereocenters. The van der Waals surface area contributed by atoms with Crippen molar-refractivity contribution >= 4 is 23.6 Å². The van der Waals surface area contributed by atoms with Crippen LogP contribution in [-0.4, -0.2) is 19.6 Å². The lowest BCUT2D eigenvalue weighted by Gasteiger charge is -2.13. The summed E-state index contributed by atoms with van der Waals surface area (Å²) in [5.74, 6) is 0.961. The first kappa shape index (κ1) is 19.4. The summed E-state index contributed by atoms with van der Waals surface area (Å²) in [4.78, 5) is 12.2. The molecule has 1 amide bonds. The number of carbonyl (C=O) groups is 1. The van der Waals surface area contributed by atoms with Crippen molar-refractivity contribution in [2.45, 2.75) is 19.9 Å². The van der Waals surface area contributed by atoms with Gasteiger partial charge in [-0.1, -0.05) is 18.5 Å². The highest BCUT2D eigenvalue weighted by molar-refractivity contribution is 6.32. The molecule has 0 aliphatic heterocycles. The number of halogens is 1. The fraction of sp³-hybridized carbons (Fsp3) is 0.263. The Morgan fingerprint density at radius 2 is 2.27 bits per heavy atom. The average molecular weight is 375 g/mol. The van der Waals surface area contributed by atoms with Gasteiger partial charge in [0.05, 0.1) is 31.5 Å². The van der Waals surface area contributed by atoms with Crippen LogP contribution in [0.5, 0.6) is 11.5 Å². The highest BCUT2D eigenvalue weighted by Crippen LogP contribution is 2.37. The van der Waals surface area contributed by atoms with Crippen LogP contribution in [0.15, 0.2) is 40.5 Å². The third kappa shape index (κ3) is 5.04. The van der Waals surface area contributed by atoms with Crippen LogP contribution in [-0.2, 0) is 11.3 Å². The molecular weight excluding hydrogens is 356 g/mol. The van der Waals surface area contributed by atoms with E-state index >= 15 is 0 Å². The maximum Gasteiger partial charge on any atom is 0.262 e. The van der Waals surface area contributed by atoms with Crippen LogP contribution in [0.2, 0.25) is 5.02 Å². The lowest BCUT2D eigenvalue weighted by Crippen LogP contribution is -2.23. The lowest BCUT2D eigenvalue weighted by molar-refractivity contribution is -0.117. The standard InChI is InChI=1S/C19H19ClN2O4/c1-3-6-26-18-16(20)9-13(10-17(18)24-2)8-14(11-21)19(23)22-12-15-5-4-7-25-15/h4-5,7-10H,3,6,12H2,1-2H3,(H,22,23)/b14-8+. The molecule has 1 aromatic carbocycles. The van der Waals surface area contributed by atoms with Gasteiger partial charge in [0.15, 0.2) is 11.5 Å². The predicted molar refractivity (Wildman–Crippen MR) is 97.9 cm³/mol. The fourth-order valence-corrected chi connectivity index (χ4v) is 2.43. The Kier molecular flexibility index (Phi) is 7.12. The topological polar surface area (TPSA) is 84.5 Å². The Hall–Kier alpha value is -2.91. The van der Waals surface area contributed by atoms with Gasteiger partial charge in [0.1, 0.15) is 17.4 Å². The molecular formula is C19H19ClN2O4. The van der Waals surface area contributed by atoms with E-state index in [1.807, 2.05) is 13.0 Å². The maximum atomic E-state index is 12.2. The van der Waals surface area contributed by atoms with Crippen molar-refractivity contribution in [2.75, 3.05) is 13.7 Å². The molecule has 0 bridgehead atoms. The smallest absolute Gasteiger partial charge is 0.262 e. The summed E-state index contributed by atoms with van der Waals surface area (Å²) in [5.41, 5.74) is 0.497. The molecule has 0 unspecified atom stereocenters. The number of hydrogen-bond acceptors (Lipinski definition) is 5. The highest BCUT2D eigenvalue weighted by atomic mass is 35.5. The summed E-state index contributed by atoms with van der Waals surface area (Å²) < 4.78 is 16.0. The quantitative estimate of drug-likeness (QED) is 0.558. The summed E-state index contributed by atoms with van der Waals surface area (Å²) in [7, 11) is 1.50. The van der Waals surface area contributed by atoms with Crippen molar-refractivity contribution in [3.8, 4) is 17.6 Å². The first-order valence-corrected chi connectivity index (χ1v) is 8.39. The number of nitrogens with one attached hydrogen (secondary N) is 1. The van der Waals surface area contributed by atoms with Crippen molar-refractivity contribution in [2.24, 2.45) is 0 Å². The van der Waals surface area contributed by atoms with Gasteiger partial charge in [0.2, 0.25) is 0 Å². The van der Waals surface area contributed by atoms with E-state index < -0.39 is 5.91 Å². The molecule has 136 valence electrons. The second kappa shape index (κ2) is 9.54. The van der Waals surface area contributed by atoms with Gasteiger partial charge in [0.25, 0.3) is 5.91 Å². The van der Waals surface area contributed by atoms with Gasteiger partial charge in [0, 0.05) is 0 Å². The number of nitriles is 1. The van der Waals surface area contributed by atoms with E-state index in [0.29, 0.717) is 34.5 Å². The van der Waals surface area contributed by atoms with Crippen molar-refractivity contribution in [1.82, 2.24) is 5.32 Å². The van der Waals surface area contributed by atoms with Crippen molar-refractivity contribution in [1.29, 1.82) is 5.26 Å². The van der Waals surface area contributed by atoms with E-state index in [1.165, 1.54) is 19.4 Å². The molecule has 0 saturated heterocycles. The number of carbonyl (C=O) groups excluding carboxylic acids is 1. The van der Waals surface area contributed by atoms with Crippen LogP contribution < -0.4 is 14.8 Å². The molecule has 0 spiro atoms. The average Bonchev–Trinajstić information content (AvgIpc) is 3.16. The van der Waals surface area contributed by atoms with E-state index in [0.717, 1.165) is 6.42 Å². The molecule has 2 rings (SSSR count). The van der Waals surface area contributed by atoms with E-state index in [2.05, 4.69) is 5.32 Å². The molecule has 26 heavy (non-hydrogen) atoms. The third-order valence-electron chi connectivity index (χ3n) is 3.38. The van der Waals surface area contributed by atoms with Crippen LogP contribution >= 0.6 is 11.6 Å². The normalized spacial score (nSPS) is 10.9. The van der Waals surface area contributed by atoms with Gasteiger partial charge in [-0.15, -0.1) is 0 Å². The van der Waals surface area contributed by atoms with Gasteiger partial charge < -0.3 is 19.2 Å². The highest BCUT2D eigenvalue weighted by Gasteiger charge is 2.14. The van der Waals surface area contributed by atoms with Gasteiger partial charge in [-0.25, -0.2) is 0 Å². The van der Waals surface area contributed by atoms with Crippen molar-refractivity contribution in [3.63, 3.8) is 0 Å². The molecule has 1 N–H and O–H groups in total. The number of rotatable bonds is 8. The monoisotopic (exact) mass is 374 g/mol. The fourth-order valence-electron chi connectivity index (χ4n) is 2.16. The first-order valence-electron chi connectivity index (χ1n) is 8.01. The van der Waals surface area contributed by atoms with Crippen LogP contribution in [0.3, 0.4) is 0 Å². The zero-order valence-electron chi connectivity index (χ0n) is 14.5. The van der Waals surface area contributed by atoms with Crippen LogP contribution in [0.25, 0.3) is 6.08 Å². The van der Waals surface area contributed by atoms with Gasteiger partial charge >= 0.3 is 0 Å². The Balaban J connectivity index is 2.20. The molecule has 1 heterocycles. The number of nitrogens with zero attached hydrogens (tertiary/aromatic N) is 1. The zero-order chi connectivity index (χ0) is 18.9. The molecule has 0 aliphatic rings. The number of benzene rings is 1. The Labute approximate surface area is 157 Å². The van der Waals surface area contributed by atoms with E-state index in [1.54, 1.807) is 24.3 Å². The Bertz CT molecular complexity index is 823. The number of hydrogen-bond donors (Lipinski definition) is 1. The number of ether oxygens (including phenoxy) is 2. The molecule has 0 saturated carbocycles. The van der Waals surface area contributed by atoms with Crippen molar-refractivity contribution in [3.05, 3.63) is 52.4 Å². The molecule has 1 aromatic heterocycles. The van der Waals surface area contributed by atoms with Gasteiger partial charge in [-0.05, 0) is 42.3 Å². The molecule has 0 radical (unpaired) electrons. The minimum absolute atomic E-state index is 0.0584. The summed E-state index contributed by atoms with van der Waals surface area (Å²) in [5, 5.41) is 12.3. The lowest BCUT2D eigenvalue weighted by atomic mass is 10.1. The SMILES string of the molecule is CCCOc1c(Cl)cc(/C=C(\C#N)C(=O)NCc2ccco2)cc1OC. The van der Waals surface area contributed by atoms with Gasteiger partial charge in [-0.3, -0.25) is 4.79 Å². The molecule has 2 aromatic rings. The zero-order valence-corrected chi connectivity index (χ0v) is 15.3.